The molecule has 0 saturated carbocycles. The van der Waals surface area contributed by atoms with Gasteiger partial charge in [-0.2, -0.15) is 0 Å². The Morgan fingerprint density at radius 1 is 1.08 bits per heavy atom. The van der Waals surface area contributed by atoms with Crippen LogP contribution in [0.15, 0.2) is 54.7 Å². The van der Waals surface area contributed by atoms with E-state index in [-0.39, 0.29) is 5.82 Å². The van der Waals surface area contributed by atoms with Crippen molar-refractivity contribution in [3.63, 3.8) is 0 Å². The van der Waals surface area contributed by atoms with Gasteiger partial charge in [0.05, 0.1) is 0 Å². The molecule has 0 N–H and O–H groups in total. The van der Waals surface area contributed by atoms with Crippen molar-refractivity contribution in [1.29, 1.82) is 0 Å². The largest absolute Gasteiger partial charge is 0.350 e. The van der Waals surface area contributed by atoms with Crippen molar-refractivity contribution in [2.24, 2.45) is 7.05 Å². The first-order valence-electron chi connectivity index (χ1n) is 9.20. The van der Waals surface area contributed by atoms with Gasteiger partial charge in [-0.05, 0) is 43.4 Å². The first kappa shape index (κ1) is 17.3. The molecule has 0 spiro atoms. The summed E-state index contributed by atoms with van der Waals surface area (Å²) in [5.41, 5.74) is 3.74. The molecule has 0 amide bonds. The van der Waals surface area contributed by atoms with Gasteiger partial charge >= 0.3 is 0 Å². The summed E-state index contributed by atoms with van der Waals surface area (Å²) in [7, 11) is 6.44. The molecule has 1 aromatic heterocycles. The number of aromatic nitrogens is 1. The third kappa shape index (κ3) is 3.15. The highest BCUT2D eigenvalue weighted by molar-refractivity contribution is 5.84. The van der Waals surface area contributed by atoms with Crippen LogP contribution in [0.3, 0.4) is 0 Å². The Bertz CT molecular complexity index is 915. The van der Waals surface area contributed by atoms with E-state index < -0.39 is 0 Å². The van der Waals surface area contributed by atoms with Crippen molar-refractivity contribution in [2.75, 3.05) is 27.2 Å². The number of hydrogen-bond donors (Lipinski definition) is 0. The molecule has 2 atom stereocenters. The van der Waals surface area contributed by atoms with Gasteiger partial charge in [-0.15, -0.1) is 0 Å². The molecule has 1 fully saturated rings. The van der Waals surface area contributed by atoms with Crippen molar-refractivity contribution in [3.05, 3.63) is 71.7 Å². The lowest BCUT2D eigenvalue weighted by Crippen LogP contribution is -2.34. The molecule has 2 heterocycles. The number of likely N-dealkylation sites (tertiary alicyclic amines) is 1. The minimum atomic E-state index is -0.156. The molecule has 2 aromatic carbocycles. The highest BCUT2D eigenvalue weighted by Gasteiger charge is 2.36. The van der Waals surface area contributed by atoms with E-state index in [0.29, 0.717) is 12.0 Å². The summed E-state index contributed by atoms with van der Waals surface area (Å²) in [5, 5.41) is 1.35. The molecular weight excluding hydrogens is 325 g/mol. The molecule has 0 bridgehead atoms. The SMILES string of the molecule is CN(C)[C@@H]1CN(Cc2cccc(F)c2)C[C@H]1c1cn(C)c2ccccc12. The van der Waals surface area contributed by atoms with Crippen LogP contribution in [-0.2, 0) is 13.6 Å². The van der Waals surface area contributed by atoms with Crippen LogP contribution in [0.25, 0.3) is 10.9 Å². The minimum absolute atomic E-state index is 0.156. The first-order chi connectivity index (χ1) is 12.5. The first-order valence-corrected chi connectivity index (χ1v) is 9.20. The standard InChI is InChI=1S/C22H26FN3/c1-24(2)22-15-26(12-16-7-6-8-17(23)11-16)14-20(22)19-13-25(3)21-10-5-4-9-18(19)21/h4-11,13,20,22H,12,14-15H2,1-3H3/t20-,22+/m0/s1. The van der Waals surface area contributed by atoms with E-state index in [1.54, 1.807) is 12.1 Å². The zero-order valence-electron chi connectivity index (χ0n) is 15.7. The van der Waals surface area contributed by atoms with E-state index in [0.717, 1.165) is 25.2 Å². The number of rotatable bonds is 4. The summed E-state index contributed by atoms with van der Waals surface area (Å²) in [4.78, 5) is 4.78. The molecular formula is C22H26FN3. The molecule has 0 unspecified atom stereocenters. The topological polar surface area (TPSA) is 11.4 Å². The van der Waals surface area contributed by atoms with E-state index >= 15 is 0 Å². The number of fused-ring (bicyclic) bond motifs is 1. The lowest BCUT2D eigenvalue weighted by atomic mass is 9.93. The van der Waals surface area contributed by atoms with Gasteiger partial charge in [-0.3, -0.25) is 4.90 Å². The smallest absolute Gasteiger partial charge is 0.123 e. The fourth-order valence-electron chi connectivity index (χ4n) is 4.39. The lowest BCUT2D eigenvalue weighted by molar-refractivity contribution is 0.260. The highest BCUT2D eigenvalue weighted by Crippen LogP contribution is 2.36. The molecule has 0 aliphatic carbocycles. The van der Waals surface area contributed by atoms with Gasteiger partial charge in [0.15, 0.2) is 0 Å². The average molecular weight is 351 g/mol. The molecule has 1 aliphatic heterocycles. The number of hydrogen-bond acceptors (Lipinski definition) is 2. The number of aryl methyl sites for hydroxylation is 1. The summed E-state index contributed by atoms with van der Waals surface area (Å²) >= 11 is 0. The summed E-state index contributed by atoms with van der Waals surface area (Å²) < 4.78 is 15.8. The maximum Gasteiger partial charge on any atom is 0.123 e. The second kappa shape index (κ2) is 6.86. The van der Waals surface area contributed by atoms with Crippen molar-refractivity contribution < 1.29 is 4.39 Å². The summed E-state index contributed by atoms with van der Waals surface area (Å²) in [6, 6.07) is 16.1. The van der Waals surface area contributed by atoms with E-state index in [2.05, 4.69) is 66.0 Å². The second-order valence-electron chi connectivity index (χ2n) is 7.67. The van der Waals surface area contributed by atoms with Crippen molar-refractivity contribution >= 4 is 10.9 Å². The summed E-state index contributed by atoms with van der Waals surface area (Å²) in [5.74, 6) is 0.293. The van der Waals surface area contributed by atoms with Crippen LogP contribution in [0.5, 0.6) is 0 Å². The quantitative estimate of drug-likeness (QED) is 0.707. The highest BCUT2D eigenvalue weighted by atomic mass is 19.1. The average Bonchev–Trinajstić information content (AvgIpc) is 3.17. The minimum Gasteiger partial charge on any atom is -0.350 e. The zero-order valence-corrected chi connectivity index (χ0v) is 15.7. The van der Waals surface area contributed by atoms with E-state index in [1.807, 2.05) is 6.07 Å². The van der Waals surface area contributed by atoms with Crippen LogP contribution < -0.4 is 0 Å². The normalized spacial score (nSPS) is 21.1. The Morgan fingerprint density at radius 2 is 1.88 bits per heavy atom. The molecule has 4 rings (SSSR count). The van der Waals surface area contributed by atoms with E-state index in [9.17, 15) is 4.39 Å². The van der Waals surface area contributed by atoms with Crippen molar-refractivity contribution in [3.8, 4) is 0 Å². The lowest BCUT2D eigenvalue weighted by Gasteiger charge is -2.25. The van der Waals surface area contributed by atoms with Gasteiger partial charge in [0.25, 0.3) is 0 Å². The number of benzene rings is 2. The predicted octanol–water partition coefficient (Wildman–Crippen LogP) is 3.85. The maximum absolute atomic E-state index is 13.5. The van der Waals surface area contributed by atoms with Gasteiger partial charge in [0.1, 0.15) is 5.82 Å². The van der Waals surface area contributed by atoms with Crippen LogP contribution >= 0.6 is 0 Å². The Morgan fingerprint density at radius 3 is 2.65 bits per heavy atom. The van der Waals surface area contributed by atoms with Crippen molar-refractivity contribution in [1.82, 2.24) is 14.4 Å². The monoisotopic (exact) mass is 351 g/mol. The fourth-order valence-corrected chi connectivity index (χ4v) is 4.39. The molecule has 3 nitrogen and oxygen atoms in total. The van der Waals surface area contributed by atoms with Crippen LogP contribution in [0, 0.1) is 5.82 Å². The predicted molar refractivity (Wildman–Crippen MR) is 105 cm³/mol. The van der Waals surface area contributed by atoms with E-state index in [1.165, 1.54) is 22.5 Å². The van der Waals surface area contributed by atoms with Gasteiger partial charge in [-0.1, -0.05) is 30.3 Å². The molecule has 4 heteroatoms. The Labute approximate surface area is 154 Å². The van der Waals surface area contributed by atoms with E-state index in [4.69, 9.17) is 0 Å². The second-order valence-corrected chi connectivity index (χ2v) is 7.67. The zero-order chi connectivity index (χ0) is 18.3. The Kier molecular flexibility index (Phi) is 4.55. The Hall–Kier alpha value is -2.17. The van der Waals surface area contributed by atoms with Gasteiger partial charge in [0, 0.05) is 55.7 Å². The molecule has 26 heavy (non-hydrogen) atoms. The van der Waals surface area contributed by atoms with Crippen molar-refractivity contribution in [2.45, 2.75) is 18.5 Å². The van der Waals surface area contributed by atoms with Gasteiger partial charge < -0.3 is 9.47 Å². The number of nitrogens with zero attached hydrogens (tertiary/aromatic N) is 3. The summed E-state index contributed by atoms with van der Waals surface area (Å²) in [6.45, 7) is 2.79. The number of halogens is 1. The van der Waals surface area contributed by atoms with Crippen LogP contribution in [0.2, 0.25) is 0 Å². The van der Waals surface area contributed by atoms with Crippen LogP contribution in [0.4, 0.5) is 4.39 Å². The Balaban J connectivity index is 1.64. The molecule has 1 aliphatic rings. The molecule has 0 radical (unpaired) electrons. The van der Waals surface area contributed by atoms with Gasteiger partial charge in [0.2, 0.25) is 0 Å². The maximum atomic E-state index is 13.5. The number of likely N-dealkylation sites (N-methyl/N-ethyl adjacent to an activating group) is 1. The third-order valence-electron chi connectivity index (χ3n) is 5.65. The molecule has 1 saturated heterocycles. The van der Waals surface area contributed by atoms with Gasteiger partial charge in [-0.25, -0.2) is 4.39 Å². The third-order valence-corrected chi connectivity index (χ3v) is 5.65. The molecule has 136 valence electrons. The van der Waals surface area contributed by atoms with Crippen LogP contribution in [-0.4, -0.2) is 47.6 Å². The number of para-hydroxylation sites is 1. The molecule has 3 aromatic rings. The summed E-state index contributed by atoms with van der Waals surface area (Å²) in [6.07, 6.45) is 2.29. The fraction of sp³-hybridized carbons (Fsp3) is 0.364. The van der Waals surface area contributed by atoms with Crippen LogP contribution in [0.1, 0.15) is 17.0 Å².